The molecule has 2 unspecified atom stereocenters. The number of nitrogens with one attached hydrogen (secondary N) is 2. The lowest BCUT2D eigenvalue weighted by molar-refractivity contribution is -0.143. The Labute approximate surface area is 234 Å². The van der Waals surface area contributed by atoms with Crippen molar-refractivity contribution in [1.82, 2.24) is 15.5 Å². The first-order valence-corrected chi connectivity index (χ1v) is 13.9. The fourth-order valence-electron chi connectivity index (χ4n) is 4.26. The third-order valence-electron chi connectivity index (χ3n) is 6.01. The number of rotatable bonds is 11. The lowest BCUT2D eigenvalue weighted by Crippen LogP contribution is -2.55. The molecule has 2 N–H and O–H groups in total. The zero-order valence-corrected chi connectivity index (χ0v) is 25.0. The zero-order chi connectivity index (χ0) is 29.2. The average Bonchev–Trinajstić information content (AvgIpc) is 2.82. The van der Waals surface area contributed by atoms with Gasteiger partial charge in [0, 0.05) is 18.5 Å². The SMILES string of the molecule is CCCCCN(C(=O)C(Cc1ccccc1)NC(=O)OC(C)(C)C)C(C(=O)NC(C)(C)C)c1ccc(C)cc1. The minimum absolute atomic E-state index is 0.257. The van der Waals surface area contributed by atoms with Crippen LogP contribution in [0.2, 0.25) is 0 Å². The Morgan fingerprint density at radius 1 is 0.897 bits per heavy atom. The van der Waals surface area contributed by atoms with Gasteiger partial charge in [0.1, 0.15) is 17.7 Å². The number of benzene rings is 2. The van der Waals surface area contributed by atoms with Crippen molar-refractivity contribution in [2.24, 2.45) is 0 Å². The van der Waals surface area contributed by atoms with Crippen molar-refractivity contribution in [2.75, 3.05) is 6.54 Å². The molecule has 0 fully saturated rings. The second-order valence-electron chi connectivity index (χ2n) is 12.2. The van der Waals surface area contributed by atoms with E-state index in [1.807, 2.05) is 82.3 Å². The molecule has 0 aromatic heterocycles. The smallest absolute Gasteiger partial charge is 0.408 e. The van der Waals surface area contributed by atoms with E-state index < -0.39 is 29.3 Å². The molecule has 7 nitrogen and oxygen atoms in total. The second-order valence-corrected chi connectivity index (χ2v) is 12.2. The van der Waals surface area contributed by atoms with Crippen LogP contribution in [0.15, 0.2) is 54.6 Å². The van der Waals surface area contributed by atoms with Crippen LogP contribution in [0.5, 0.6) is 0 Å². The van der Waals surface area contributed by atoms with Crippen molar-refractivity contribution in [2.45, 2.75) is 104 Å². The normalized spacial score (nSPS) is 13.2. The molecule has 3 amide bonds. The fourth-order valence-corrected chi connectivity index (χ4v) is 4.26. The van der Waals surface area contributed by atoms with Gasteiger partial charge >= 0.3 is 6.09 Å². The van der Waals surface area contributed by atoms with Gasteiger partial charge in [0.25, 0.3) is 0 Å². The number of nitrogens with zero attached hydrogens (tertiary/aromatic N) is 1. The molecule has 0 aliphatic carbocycles. The fraction of sp³-hybridized carbons (Fsp3) is 0.531. The Balaban J connectivity index is 2.55. The third-order valence-corrected chi connectivity index (χ3v) is 6.01. The first-order chi connectivity index (χ1) is 18.2. The van der Waals surface area contributed by atoms with E-state index in [-0.39, 0.29) is 18.2 Å². The number of alkyl carbamates (subject to hydrolysis) is 1. The van der Waals surface area contributed by atoms with Crippen molar-refractivity contribution in [3.63, 3.8) is 0 Å². The quantitative estimate of drug-likeness (QED) is 0.339. The highest BCUT2D eigenvalue weighted by atomic mass is 16.6. The van der Waals surface area contributed by atoms with Gasteiger partial charge in [0.05, 0.1) is 0 Å². The van der Waals surface area contributed by atoms with Gasteiger partial charge in [-0.2, -0.15) is 0 Å². The van der Waals surface area contributed by atoms with Crippen LogP contribution in [0.4, 0.5) is 4.79 Å². The van der Waals surface area contributed by atoms with Gasteiger partial charge in [0.15, 0.2) is 0 Å². The molecule has 214 valence electrons. The van der Waals surface area contributed by atoms with Crippen LogP contribution in [-0.2, 0) is 20.7 Å². The van der Waals surface area contributed by atoms with Gasteiger partial charge in [-0.1, -0.05) is 79.9 Å². The molecule has 7 heteroatoms. The summed E-state index contributed by atoms with van der Waals surface area (Å²) in [7, 11) is 0. The Morgan fingerprint density at radius 2 is 1.51 bits per heavy atom. The van der Waals surface area contributed by atoms with Gasteiger partial charge in [-0.15, -0.1) is 0 Å². The standard InChI is InChI=1S/C32H47N3O4/c1-9-10-14-21-35(27(28(36)34-31(3,4)5)25-19-17-23(2)18-20-25)29(37)26(22-24-15-12-11-13-16-24)33-30(38)39-32(6,7)8/h11-13,15-20,26-27H,9-10,14,21-22H2,1-8H3,(H,33,38)(H,34,36). The van der Waals surface area contributed by atoms with Crippen LogP contribution in [-0.4, -0.2) is 46.5 Å². The van der Waals surface area contributed by atoms with Crippen LogP contribution in [0.3, 0.4) is 0 Å². The third kappa shape index (κ3) is 11.1. The summed E-state index contributed by atoms with van der Waals surface area (Å²) in [6.07, 6.45) is 2.21. The molecule has 39 heavy (non-hydrogen) atoms. The maximum absolute atomic E-state index is 14.4. The van der Waals surface area contributed by atoms with E-state index in [0.29, 0.717) is 6.54 Å². The molecule has 0 aliphatic heterocycles. The van der Waals surface area contributed by atoms with Crippen LogP contribution >= 0.6 is 0 Å². The Kier molecular flexibility index (Phi) is 11.6. The van der Waals surface area contributed by atoms with Crippen molar-refractivity contribution in [3.8, 4) is 0 Å². The van der Waals surface area contributed by atoms with E-state index >= 15 is 0 Å². The second kappa shape index (κ2) is 14.2. The van der Waals surface area contributed by atoms with Crippen molar-refractivity contribution < 1.29 is 19.1 Å². The molecule has 2 atom stereocenters. The zero-order valence-electron chi connectivity index (χ0n) is 25.0. The Bertz CT molecular complexity index is 1070. The van der Waals surface area contributed by atoms with Gasteiger partial charge in [-0.25, -0.2) is 4.79 Å². The molecule has 2 aromatic carbocycles. The lowest BCUT2D eigenvalue weighted by Gasteiger charge is -2.36. The molecular formula is C32H47N3O4. The summed E-state index contributed by atoms with van der Waals surface area (Å²) < 4.78 is 5.51. The summed E-state index contributed by atoms with van der Waals surface area (Å²) in [6, 6.07) is 15.5. The van der Waals surface area contributed by atoms with E-state index in [1.54, 1.807) is 25.7 Å². The number of ether oxygens (including phenoxy) is 1. The summed E-state index contributed by atoms with van der Waals surface area (Å²) >= 11 is 0. The van der Waals surface area contributed by atoms with Crippen LogP contribution in [0.25, 0.3) is 0 Å². The monoisotopic (exact) mass is 537 g/mol. The van der Waals surface area contributed by atoms with Crippen molar-refractivity contribution >= 4 is 17.9 Å². The summed E-state index contributed by atoms with van der Waals surface area (Å²) in [5.41, 5.74) is 1.47. The lowest BCUT2D eigenvalue weighted by atomic mass is 9.98. The molecule has 2 aromatic rings. The van der Waals surface area contributed by atoms with E-state index in [2.05, 4.69) is 17.6 Å². The highest BCUT2D eigenvalue weighted by Crippen LogP contribution is 2.25. The molecule has 0 saturated heterocycles. The molecule has 0 aliphatic rings. The predicted molar refractivity (Wildman–Crippen MR) is 156 cm³/mol. The number of unbranched alkanes of at least 4 members (excludes halogenated alkanes) is 2. The molecule has 0 heterocycles. The van der Waals surface area contributed by atoms with Crippen molar-refractivity contribution in [1.29, 1.82) is 0 Å². The average molecular weight is 538 g/mol. The van der Waals surface area contributed by atoms with Crippen LogP contribution in [0.1, 0.15) is 90.5 Å². The van der Waals surface area contributed by atoms with E-state index in [0.717, 1.165) is 36.0 Å². The van der Waals surface area contributed by atoms with Gasteiger partial charge in [-0.05, 0) is 66.0 Å². The van der Waals surface area contributed by atoms with Gasteiger partial charge in [-0.3, -0.25) is 9.59 Å². The summed E-state index contributed by atoms with van der Waals surface area (Å²) in [5, 5.41) is 5.88. The minimum Gasteiger partial charge on any atom is -0.444 e. The minimum atomic E-state index is -0.917. The highest BCUT2D eigenvalue weighted by Gasteiger charge is 2.37. The molecule has 0 saturated carbocycles. The van der Waals surface area contributed by atoms with E-state index in [4.69, 9.17) is 4.74 Å². The number of hydrogen-bond donors (Lipinski definition) is 2. The summed E-state index contributed by atoms with van der Waals surface area (Å²) in [6.45, 7) is 15.6. The van der Waals surface area contributed by atoms with Crippen LogP contribution < -0.4 is 10.6 Å². The Morgan fingerprint density at radius 3 is 2.05 bits per heavy atom. The molecule has 0 radical (unpaired) electrons. The number of amides is 3. The van der Waals surface area contributed by atoms with E-state index in [9.17, 15) is 14.4 Å². The number of aryl methyl sites for hydroxylation is 1. The highest BCUT2D eigenvalue weighted by molar-refractivity contribution is 5.92. The molecule has 0 bridgehead atoms. The first kappa shape index (κ1) is 31.9. The number of hydrogen-bond acceptors (Lipinski definition) is 4. The van der Waals surface area contributed by atoms with Gasteiger partial charge < -0.3 is 20.3 Å². The predicted octanol–water partition coefficient (Wildman–Crippen LogP) is 6.11. The molecule has 2 rings (SSSR count). The van der Waals surface area contributed by atoms with Gasteiger partial charge in [0.2, 0.25) is 11.8 Å². The maximum atomic E-state index is 14.4. The van der Waals surface area contributed by atoms with Crippen LogP contribution in [0, 0.1) is 6.92 Å². The number of carbonyl (C=O) groups excluding carboxylic acids is 3. The van der Waals surface area contributed by atoms with E-state index in [1.165, 1.54) is 0 Å². The maximum Gasteiger partial charge on any atom is 0.408 e. The topological polar surface area (TPSA) is 87.7 Å². The number of carbonyl (C=O) groups is 3. The molecular weight excluding hydrogens is 490 g/mol. The van der Waals surface area contributed by atoms with Crippen molar-refractivity contribution in [3.05, 3.63) is 71.3 Å². The summed E-state index contributed by atoms with van der Waals surface area (Å²) in [4.78, 5) is 42.7. The molecule has 0 spiro atoms. The Hall–Kier alpha value is -3.35. The first-order valence-electron chi connectivity index (χ1n) is 13.9. The largest absolute Gasteiger partial charge is 0.444 e. The summed E-state index contributed by atoms with van der Waals surface area (Å²) in [5.74, 6) is -0.581.